The van der Waals surface area contributed by atoms with Crippen molar-refractivity contribution in [3.05, 3.63) is 81.2 Å². The molecule has 1 aromatic heterocycles. The fourth-order valence-corrected chi connectivity index (χ4v) is 7.32. The van der Waals surface area contributed by atoms with E-state index in [1.165, 1.54) is 0 Å². The Labute approximate surface area is 257 Å². The molecule has 0 bridgehead atoms. The van der Waals surface area contributed by atoms with E-state index >= 15 is 0 Å². The van der Waals surface area contributed by atoms with E-state index in [-0.39, 0.29) is 34.9 Å². The van der Waals surface area contributed by atoms with E-state index in [1.807, 2.05) is 49.4 Å². The number of rotatable bonds is 9. The number of fused-ring (bicyclic) bond motifs is 4. The number of carbonyl (C=O) groups excluding carboxylic acids is 1. The fraction of sp³-hybridized carbons (Fsp3) is 0.400. The van der Waals surface area contributed by atoms with Gasteiger partial charge in [0.2, 0.25) is 5.69 Å². The van der Waals surface area contributed by atoms with Gasteiger partial charge in [-0.3, -0.25) is 9.35 Å². The summed E-state index contributed by atoms with van der Waals surface area (Å²) in [5, 5.41) is 0.806. The first-order valence-corrected chi connectivity index (χ1v) is 16.8. The van der Waals surface area contributed by atoms with E-state index in [1.54, 1.807) is 6.08 Å². The fourth-order valence-electron chi connectivity index (χ4n) is 6.75. The Morgan fingerprint density at radius 1 is 1.18 bits per heavy atom. The maximum absolute atomic E-state index is 13.1. The van der Waals surface area contributed by atoms with Crippen LogP contribution in [0.25, 0.3) is 17.0 Å². The first-order chi connectivity index (χ1) is 21.0. The summed E-state index contributed by atoms with van der Waals surface area (Å²) >= 11 is 0. The monoisotopic (exact) mass is 614 g/mol. The molecule has 2 aromatic carbocycles. The molecule has 3 unspecified atom stereocenters. The number of carbonyl (C=O) groups is 1. The van der Waals surface area contributed by atoms with E-state index in [0.717, 1.165) is 46.3 Å². The summed E-state index contributed by atoms with van der Waals surface area (Å²) in [7, 11) is -4.01. The minimum Gasteiger partial charge on any atom is -0.466 e. The van der Waals surface area contributed by atoms with Gasteiger partial charge in [-0.05, 0) is 75.8 Å². The second-order valence-corrected chi connectivity index (χ2v) is 13.9. The Morgan fingerprint density at radius 2 is 1.98 bits per heavy atom. The molecule has 3 aromatic rings. The maximum atomic E-state index is 13.1. The van der Waals surface area contributed by atoms with Gasteiger partial charge in [0.05, 0.1) is 29.3 Å². The number of aryl methyl sites for hydroxylation is 1. The number of benzene rings is 2. The molecular weight excluding hydrogens is 578 g/mol. The largest absolute Gasteiger partial charge is 0.466 e. The van der Waals surface area contributed by atoms with Crippen molar-refractivity contribution in [1.29, 1.82) is 0 Å². The van der Waals surface area contributed by atoms with Gasteiger partial charge >= 0.3 is 11.6 Å². The third-order valence-electron chi connectivity index (χ3n) is 9.09. The standard InChI is InChI=1S/C35H35NO7S/c1-4-42-34(38)32-26-14-11-22-19-25-20-24(33(37)43-30(25)21-23(22)12-15-27(26)32)13-16-31-35(2,3)28-9-5-6-10-29(28)36(31)17-7-8-18-44(39,40)41/h5-6,9-10,13,16,19-21,26-27,32H,4,7-8,11,14,17-18H2,1-3H3/p+1/b16-13+. The lowest BCUT2D eigenvalue weighted by atomic mass is 9.81. The first kappa shape index (κ1) is 30.0. The SMILES string of the molecule is CCOC(=O)C1C2C#Cc3cc4oc(=O)c(/C=C/C5=[N+](CCCCS(=O)(=O)O)c6ccccc6C5(C)C)cc4cc3CCC21. The van der Waals surface area contributed by atoms with Crippen LogP contribution in [0.4, 0.5) is 5.69 Å². The van der Waals surface area contributed by atoms with Crippen LogP contribution in [-0.2, 0) is 31.5 Å². The molecule has 6 rings (SSSR count). The smallest absolute Gasteiger partial charge is 0.343 e. The molecule has 2 heterocycles. The third kappa shape index (κ3) is 5.76. The molecule has 1 fully saturated rings. The topological polar surface area (TPSA) is 114 Å². The summed E-state index contributed by atoms with van der Waals surface area (Å²) in [6, 6.07) is 13.8. The number of allylic oxidation sites excluding steroid dienone is 1. The molecule has 0 amide bonds. The summed E-state index contributed by atoms with van der Waals surface area (Å²) in [5.74, 6) is 6.11. The zero-order valence-corrected chi connectivity index (χ0v) is 25.9. The normalized spacial score (nSPS) is 21.6. The Balaban J connectivity index is 1.30. The van der Waals surface area contributed by atoms with Gasteiger partial charge in [0.25, 0.3) is 10.1 Å². The zero-order chi connectivity index (χ0) is 31.2. The lowest BCUT2D eigenvalue weighted by Gasteiger charge is -2.15. The van der Waals surface area contributed by atoms with Gasteiger partial charge in [-0.1, -0.05) is 30.0 Å². The van der Waals surface area contributed by atoms with Crippen LogP contribution < -0.4 is 5.63 Å². The van der Waals surface area contributed by atoms with E-state index in [0.29, 0.717) is 37.1 Å². The lowest BCUT2D eigenvalue weighted by molar-refractivity contribution is -0.438. The molecule has 1 saturated carbocycles. The number of ether oxygens (including phenoxy) is 1. The predicted molar refractivity (Wildman–Crippen MR) is 169 cm³/mol. The van der Waals surface area contributed by atoms with E-state index in [9.17, 15) is 18.0 Å². The lowest BCUT2D eigenvalue weighted by Crippen LogP contribution is -2.28. The van der Waals surface area contributed by atoms with E-state index in [2.05, 4.69) is 36.3 Å². The van der Waals surface area contributed by atoms with Crippen molar-refractivity contribution in [2.75, 3.05) is 18.9 Å². The van der Waals surface area contributed by atoms with Crippen LogP contribution in [0, 0.1) is 29.6 Å². The number of para-hydroxylation sites is 1. The summed E-state index contributed by atoms with van der Waals surface area (Å²) < 4.78 is 44.8. The van der Waals surface area contributed by atoms with Crippen molar-refractivity contribution in [1.82, 2.24) is 0 Å². The molecule has 0 saturated heterocycles. The molecule has 228 valence electrons. The van der Waals surface area contributed by atoms with Crippen molar-refractivity contribution in [3.63, 3.8) is 0 Å². The number of hydrogen-bond acceptors (Lipinski definition) is 6. The molecule has 1 N–H and O–H groups in total. The second-order valence-electron chi connectivity index (χ2n) is 12.3. The highest BCUT2D eigenvalue weighted by Crippen LogP contribution is 2.50. The number of hydrogen-bond donors (Lipinski definition) is 1. The zero-order valence-electron chi connectivity index (χ0n) is 25.1. The summed E-state index contributed by atoms with van der Waals surface area (Å²) in [4.78, 5) is 25.5. The van der Waals surface area contributed by atoms with Gasteiger partial charge in [0, 0.05) is 41.0 Å². The summed E-state index contributed by atoms with van der Waals surface area (Å²) in [6.45, 7) is 6.99. The average Bonchev–Trinajstić information content (AvgIpc) is 3.60. The second kappa shape index (κ2) is 11.5. The minimum absolute atomic E-state index is 0.0168. The van der Waals surface area contributed by atoms with Gasteiger partial charge in [0.1, 0.15) is 12.1 Å². The van der Waals surface area contributed by atoms with Gasteiger partial charge in [-0.25, -0.2) is 4.79 Å². The molecular formula is C35H36NO7S+. The molecule has 2 aliphatic carbocycles. The van der Waals surface area contributed by atoms with Gasteiger partial charge in [0.15, 0.2) is 5.71 Å². The third-order valence-corrected chi connectivity index (χ3v) is 9.89. The van der Waals surface area contributed by atoms with Crippen LogP contribution in [0.1, 0.15) is 62.3 Å². The Hall–Kier alpha value is -4.00. The Kier molecular flexibility index (Phi) is 7.85. The summed E-state index contributed by atoms with van der Waals surface area (Å²) in [6.07, 6.45) is 6.26. The molecule has 44 heavy (non-hydrogen) atoms. The highest BCUT2D eigenvalue weighted by atomic mass is 32.2. The van der Waals surface area contributed by atoms with Crippen LogP contribution in [0.15, 0.2) is 57.8 Å². The molecule has 8 nitrogen and oxygen atoms in total. The molecule has 0 spiro atoms. The van der Waals surface area contributed by atoms with Crippen LogP contribution in [0.5, 0.6) is 0 Å². The highest BCUT2D eigenvalue weighted by molar-refractivity contribution is 7.85. The van der Waals surface area contributed by atoms with Crippen LogP contribution >= 0.6 is 0 Å². The molecule has 9 heteroatoms. The Bertz CT molecular complexity index is 1960. The highest BCUT2D eigenvalue weighted by Gasteiger charge is 2.54. The van der Waals surface area contributed by atoms with Crippen LogP contribution in [-0.4, -0.2) is 48.1 Å². The van der Waals surface area contributed by atoms with Crippen molar-refractivity contribution < 1.29 is 31.5 Å². The van der Waals surface area contributed by atoms with Crippen molar-refractivity contribution >= 4 is 44.5 Å². The Morgan fingerprint density at radius 3 is 2.75 bits per heavy atom. The van der Waals surface area contributed by atoms with Crippen molar-refractivity contribution in [2.45, 2.75) is 51.9 Å². The van der Waals surface area contributed by atoms with E-state index in [4.69, 9.17) is 13.7 Å². The quantitative estimate of drug-likeness (QED) is 0.0872. The van der Waals surface area contributed by atoms with Gasteiger partial charge < -0.3 is 9.15 Å². The van der Waals surface area contributed by atoms with E-state index < -0.39 is 15.7 Å². The molecule has 1 aliphatic heterocycles. The minimum atomic E-state index is -4.01. The first-order valence-electron chi connectivity index (χ1n) is 15.1. The number of unbranched alkanes of at least 4 members (excludes halogenated alkanes) is 1. The number of nitrogens with zero attached hydrogens (tertiary/aromatic N) is 1. The van der Waals surface area contributed by atoms with Gasteiger partial charge in [-0.15, -0.1) is 0 Å². The maximum Gasteiger partial charge on any atom is 0.343 e. The molecule has 3 aliphatic rings. The molecule has 3 atom stereocenters. The van der Waals surface area contributed by atoms with Crippen molar-refractivity contribution in [2.24, 2.45) is 17.8 Å². The summed E-state index contributed by atoms with van der Waals surface area (Å²) in [5.41, 5.74) is 5.13. The number of esters is 1. The van der Waals surface area contributed by atoms with Crippen LogP contribution in [0.2, 0.25) is 0 Å². The van der Waals surface area contributed by atoms with Gasteiger partial charge in [-0.2, -0.15) is 13.0 Å². The molecule has 0 radical (unpaired) electrons. The predicted octanol–water partition coefficient (Wildman–Crippen LogP) is 5.27. The van der Waals surface area contributed by atoms with Crippen LogP contribution in [0.3, 0.4) is 0 Å². The van der Waals surface area contributed by atoms with Crippen molar-refractivity contribution in [3.8, 4) is 11.8 Å². The average molecular weight is 615 g/mol.